The predicted octanol–water partition coefficient (Wildman–Crippen LogP) is 4.32. The highest BCUT2D eigenvalue weighted by molar-refractivity contribution is 6.07. The highest BCUT2D eigenvalue weighted by Gasteiger charge is 2.21. The van der Waals surface area contributed by atoms with E-state index in [4.69, 9.17) is 4.98 Å². The van der Waals surface area contributed by atoms with Crippen molar-refractivity contribution in [2.45, 2.75) is 32.2 Å². The molecular weight excluding hydrogens is 506 g/mol. The standard InChI is InChI=1S/C31H31N5O4/c1-34(30(40)24-7-3-2-4-8-24)25-14-15-27-26(21-25)32-31(36(27)19-6-18-35-17-5-9-28(35)38)33-29(39)23-12-10-22(11-13-23)16-20-37/h2-4,7-8,10-15,20-21H,5-6,9,16-19H2,1H3,(H,32,33,39). The number of anilines is 2. The van der Waals surface area contributed by atoms with Gasteiger partial charge < -0.3 is 19.2 Å². The summed E-state index contributed by atoms with van der Waals surface area (Å²) in [5, 5.41) is 2.93. The first-order chi connectivity index (χ1) is 19.4. The molecule has 0 bridgehead atoms. The number of imidazole rings is 1. The number of rotatable bonds is 10. The lowest BCUT2D eigenvalue weighted by Crippen LogP contribution is -2.26. The SMILES string of the molecule is CN(C(=O)c1ccccc1)c1ccc2c(c1)nc(NC(=O)c1ccc(CC=O)cc1)n2CCCN1CCCC1=O. The first-order valence-corrected chi connectivity index (χ1v) is 13.4. The molecule has 1 aromatic heterocycles. The molecule has 3 aromatic carbocycles. The van der Waals surface area contributed by atoms with Crippen LogP contribution in [0.25, 0.3) is 11.0 Å². The Labute approximate surface area is 232 Å². The number of hydrogen-bond donors (Lipinski definition) is 1. The molecule has 0 radical (unpaired) electrons. The minimum atomic E-state index is -0.319. The number of benzene rings is 3. The average Bonchev–Trinajstić information content (AvgIpc) is 3.55. The van der Waals surface area contributed by atoms with Gasteiger partial charge in [0.1, 0.15) is 6.29 Å². The monoisotopic (exact) mass is 537 g/mol. The second-order valence-corrected chi connectivity index (χ2v) is 9.85. The van der Waals surface area contributed by atoms with Crippen molar-refractivity contribution in [1.82, 2.24) is 14.5 Å². The topological polar surface area (TPSA) is 105 Å². The molecule has 3 amide bonds. The van der Waals surface area contributed by atoms with Crippen molar-refractivity contribution in [3.8, 4) is 0 Å². The summed E-state index contributed by atoms with van der Waals surface area (Å²) in [4.78, 5) is 57.2. The maximum Gasteiger partial charge on any atom is 0.258 e. The average molecular weight is 538 g/mol. The van der Waals surface area contributed by atoms with Crippen LogP contribution in [-0.4, -0.2) is 58.6 Å². The van der Waals surface area contributed by atoms with Crippen LogP contribution in [0.5, 0.6) is 0 Å². The van der Waals surface area contributed by atoms with Gasteiger partial charge in [0.25, 0.3) is 11.8 Å². The Morgan fingerprint density at radius 3 is 2.48 bits per heavy atom. The summed E-state index contributed by atoms with van der Waals surface area (Å²) in [5.74, 6) is 0.110. The summed E-state index contributed by atoms with van der Waals surface area (Å²) < 4.78 is 1.94. The van der Waals surface area contributed by atoms with Crippen molar-refractivity contribution >= 4 is 46.7 Å². The van der Waals surface area contributed by atoms with Crippen molar-refractivity contribution < 1.29 is 19.2 Å². The van der Waals surface area contributed by atoms with E-state index in [1.807, 2.05) is 45.9 Å². The molecule has 0 saturated carbocycles. The molecular formula is C31H31N5O4. The molecule has 9 heteroatoms. The third-order valence-electron chi connectivity index (χ3n) is 7.19. The minimum Gasteiger partial charge on any atom is -0.343 e. The Morgan fingerprint density at radius 2 is 1.77 bits per heavy atom. The molecule has 0 atom stereocenters. The number of hydrogen-bond acceptors (Lipinski definition) is 5. The zero-order chi connectivity index (χ0) is 28.1. The van der Waals surface area contributed by atoms with Crippen LogP contribution in [0.2, 0.25) is 0 Å². The highest BCUT2D eigenvalue weighted by Crippen LogP contribution is 2.27. The largest absolute Gasteiger partial charge is 0.343 e. The van der Waals surface area contributed by atoms with Crippen LogP contribution >= 0.6 is 0 Å². The number of aromatic nitrogens is 2. The van der Waals surface area contributed by atoms with Gasteiger partial charge in [-0.3, -0.25) is 19.7 Å². The van der Waals surface area contributed by atoms with Crippen LogP contribution in [0.3, 0.4) is 0 Å². The molecule has 1 saturated heterocycles. The Hall–Kier alpha value is -4.79. The number of likely N-dealkylation sites (tertiary alicyclic amines) is 1. The zero-order valence-electron chi connectivity index (χ0n) is 22.4. The Kier molecular flexibility index (Phi) is 8.00. The van der Waals surface area contributed by atoms with E-state index in [9.17, 15) is 19.2 Å². The lowest BCUT2D eigenvalue weighted by Gasteiger charge is -2.18. The number of aldehydes is 1. The number of amides is 3. The normalized spacial score (nSPS) is 13.0. The molecule has 1 aliphatic rings. The van der Waals surface area contributed by atoms with E-state index in [-0.39, 0.29) is 17.7 Å². The van der Waals surface area contributed by atoms with Gasteiger partial charge in [-0.05, 0) is 60.9 Å². The minimum absolute atomic E-state index is 0.138. The fourth-order valence-corrected chi connectivity index (χ4v) is 4.96. The lowest BCUT2D eigenvalue weighted by atomic mass is 10.1. The molecule has 0 spiro atoms. The third kappa shape index (κ3) is 5.78. The van der Waals surface area contributed by atoms with Gasteiger partial charge >= 0.3 is 0 Å². The molecule has 5 rings (SSSR count). The number of nitrogens with one attached hydrogen (secondary N) is 1. The third-order valence-corrected chi connectivity index (χ3v) is 7.19. The highest BCUT2D eigenvalue weighted by atomic mass is 16.2. The summed E-state index contributed by atoms with van der Waals surface area (Å²) in [5.41, 5.74) is 3.99. The van der Waals surface area contributed by atoms with E-state index in [1.165, 1.54) is 0 Å². The van der Waals surface area contributed by atoms with Crippen molar-refractivity contribution in [1.29, 1.82) is 0 Å². The van der Waals surface area contributed by atoms with Gasteiger partial charge in [-0.25, -0.2) is 4.98 Å². The zero-order valence-corrected chi connectivity index (χ0v) is 22.4. The molecule has 0 unspecified atom stereocenters. The van der Waals surface area contributed by atoms with Gasteiger partial charge in [0.05, 0.1) is 11.0 Å². The van der Waals surface area contributed by atoms with Crippen LogP contribution in [-0.2, 0) is 22.6 Å². The van der Waals surface area contributed by atoms with Crippen LogP contribution < -0.4 is 10.2 Å². The van der Waals surface area contributed by atoms with Crippen LogP contribution in [0, 0.1) is 0 Å². The Morgan fingerprint density at radius 1 is 1.00 bits per heavy atom. The van der Waals surface area contributed by atoms with Gasteiger partial charge in [0, 0.05) is 56.3 Å². The summed E-state index contributed by atoms with van der Waals surface area (Å²) in [6, 6.07) is 21.5. The molecule has 9 nitrogen and oxygen atoms in total. The first kappa shape index (κ1) is 26.8. The number of nitrogens with zero attached hydrogens (tertiary/aromatic N) is 4. The summed E-state index contributed by atoms with van der Waals surface area (Å²) >= 11 is 0. The van der Waals surface area contributed by atoms with Crippen LogP contribution in [0.1, 0.15) is 45.5 Å². The maximum absolute atomic E-state index is 13.1. The fraction of sp³-hybridized carbons (Fsp3) is 0.258. The molecule has 2 heterocycles. The number of aryl methyl sites for hydroxylation is 1. The summed E-state index contributed by atoms with van der Waals surface area (Å²) in [6.45, 7) is 1.96. The van der Waals surface area contributed by atoms with E-state index in [1.54, 1.807) is 48.3 Å². The number of fused-ring (bicyclic) bond motifs is 1. The van der Waals surface area contributed by atoms with E-state index in [0.29, 0.717) is 60.6 Å². The predicted molar refractivity (Wildman–Crippen MR) is 154 cm³/mol. The maximum atomic E-state index is 13.1. The molecule has 204 valence electrons. The lowest BCUT2D eigenvalue weighted by molar-refractivity contribution is -0.127. The second-order valence-electron chi connectivity index (χ2n) is 9.85. The molecule has 1 aliphatic heterocycles. The molecule has 1 fully saturated rings. The molecule has 1 N–H and O–H groups in total. The van der Waals surface area contributed by atoms with Crippen molar-refractivity contribution in [2.75, 3.05) is 30.4 Å². The van der Waals surface area contributed by atoms with E-state index < -0.39 is 0 Å². The van der Waals surface area contributed by atoms with Gasteiger partial charge in [-0.2, -0.15) is 0 Å². The second kappa shape index (κ2) is 11.9. The quantitative estimate of drug-likeness (QED) is 0.304. The van der Waals surface area contributed by atoms with Crippen LogP contribution in [0.15, 0.2) is 72.8 Å². The van der Waals surface area contributed by atoms with Gasteiger partial charge in [-0.1, -0.05) is 30.3 Å². The van der Waals surface area contributed by atoms with Crippen molar-refractivity contribution in [3.05, 3.63) is 89.5 Å². The molecule has 40 heavy (non-hydrogen) atoms. The molecule has 0 aliphatic carbocycles. The van der Waals surface area contributed by atoms with Gasteiger partial charge in [0.15, 0.2) is 0 Å². The van der Waals surface area contributed by atoms with Crippen molar-refractivity contribution in [2.24, 2.45) is 0 Å². The fourth-order valence-electron chi connectivity index (χ4n) is 4.96. The Balaban J connectivity index is 1.41. The molecule has 4 aromatic rings. The summed E-state index contributed by atoms with van der Waals surface area (Å²) in [6.07, 6.45) is 3.30. The van der Waals surface area contributed by atoms with E-state index >= 15 is 0 Å². The number of carbonyl (C=O) groups is 4. The van der Waals surface area contributed by atoms with Crippen molar-refractivity contribution in [3.63, 3.8) is 0 Å². The van der Waals surface area contributed by atoms with Gasteiger partial charge in [0.2, 0.25) is 11.9 Å². The first-order valence-electron chi connectivity index (χ1n) is 13.4. The van der Waals surface area contributed by atoms with E-state index in [2.05, 4.69) is 5.32 Å². The smallest absolute Gasteiger partial charge is 0.258 e. The number of carbonyl (C=O) groups excluding carboxylic acids is 4. The van der Waals surface area contributed by atoms with E-state index in [0.717, 1.165) is 30.3 Å². The van der Waals surface area contributed by atoms with Gasteiger partial charge in [-0.15, -0.1) is 0 Å². The van der Waals surface area contributed by atoms with Crippen LogP contribution in [0.4, 0.5) is 11.6 Å². The Bertz CT molecular complexity index is 1550. The summed E-state index contributed by atoms with van der Waals surface area (Å²) in [7, 11) is 1.72.